The molecule has 0 unspecified atom stereocenters. The van der Waals surface area contributed by atoms with E-state index in [1.54, 1.807) is 0 Å². The normalized spacial score (nSPS) is 12.0. The monoisotopic (exact) mass is 1150 g/mol. The van der Waals surface area contributed by atoms with Gasteiger partial charge in [-0.25, -0.2) is 0 Å². The summed E-state index contributed by atoms with van der Waals surface area (Å²) in [6, 6.07) is 118. The standard InChI is InChI=1S/2C42H27N3/c1-4-16-28(17-5-1)43-34-25-13-10-22-31(34)37-40(43)38-32-23-11-14-26-35(32)44(29-18-6-2-7-19-29)42(38)39-33-24-12-15-27-36(33)45(41(37)39)30-20-8-3-9-21-30;1-4-16-28(17-5-1)43-34-25-13-10-22-31(34)37-38-32-23-11-14-26-35(32)44(29-18-6-2-7-19-29)41(38)42-39(40(37)43)33-24-12-15-27-36(33)45(42)30-20-8-3-9-21-30/h2*1-27H. The van der Waals surface area contributed by atoms with Crippen molar-refractivity contribution in [2.45, 2.75) is 0 Å². The van der Waals surface area contributed by atoms with Crippen molar-refractivity contribution in [2.75, 3.05) is 0 Å². The Bertz CT molecular complexity index is 5880. The van der Waals surface area contributed by atoms with Crippen LogP contribution < -0.4 is 0 Å². The highest BCUT2D eigenvalue weighted by atomic mass is 15.1. The van der Waals surface area contributed by atoms with Gasteiger partial charge in [-0.15, -0.1) is 0 Å². The van der Waals surface area contributed by atoms with Crippen molar-refractivity contribution in [3.05, 3.63) is 328 Å². The van der Waals surface area contributed by atoms with Crippen LogP contribution in [0, 0.1) is 0 Å². The van der Waals surface area contributed by atoms with Crippen LogP contribution in [-0.2, 0) is 0 Å². The van der Waals surface area contributed by atoms with Gasteiger partial charge in [0.15, 0.2) is 0 Å². The highest BCUT2D eigenvalue weighted by Crippen LogP contribution is 2.52. The summed E-state index contributed by atoms with van der Waals surface area (Å²) < 4.78 is 14.9. The average Bonchev–Trinajstić information content (AvgIpc) is 1.54. The molecule has 0 aliphatic heterocycles. The topological polar surface area (TPSA) is 29.6 Å². The van der Waals surface area contributed by atoms with Crippen LogP contribution in [0.2, 0.25) is 0 Å². The van der Waals surface area contributed by atoms with Crippen LogP contribution in [0.1, 0.15) is 0 Å². The minimum absolute atomic E-state index is 1.15. The molecular weight excluding hydrogens is 1090 g/mol. The third-order valence-electron chi connectivity index (χ3n) is 18.8. The van der Waals surface area contributed by atoms with Gasteiger partial charge < -0.3 is 27.4 Å². The molecule has 6 aromatic heterocycles. The predicted octanol–water partition coefficient (Wildman–Crippen LogP) is 22.0. The van der Waals surface area contributed by atoms with E-state index in [-0.39, 0.29) is 0 Å². The molecule has 420 valence electrons. The lowest BCUT2D eigenvalue weighted by molar-refractivity contribution is 1.15. The molecule has 0 aliphatic carbocycles. The summed E-state index contributed by atoms with van der Waals surface area (Å²) in [7, 11) is 0. The summed E-state index contributed by atoms with van der Waals surface area (Å²) in [5, 5.41) is 15.2. The van der Waals surface area contributed by atoms with Crippen molar-refractivity contribution in [1.82, 2.24) is 27.4 Å². The molecule has 0 spiro atoms. The van der Waals surface area contributed by atoms with Crippen molar-refractivity contribution in [1.29, 1.82) is 0 Å². The fourth-order valence-corrected chi connectivity index (χ4v) is 15.4. The Balaban J connectivity index is 0.000000130. The van der Waals surface area contributed by atoms with Gasteiger partial charge in [0.05, 0.1) is 66.2 Å². The lowest BCUT2D eigenvalue weighted by Crippen LogP contribution is -1.99. The zero-order valence-corrected chi connectivity index (χ0v) is 48.9. The maximum Gasteiger partial charge on any atom is 0.0810 e. The number of hydrogen-bond acceptors (Lipinski definition) is 0. The number of fused-ring (bicyclic) bond motifs is 24. The Hall–Kier alpha value is -12.1. The molecular formula is C84H54N6. The second kappa shape index (κ2) is 19.7. The van der Waals surface area contributed by atoms with Gasteiger partial charge in [-0.2, -0.15) is 0 Å². The van der Waals surface area contributed by atoms with Crippen molar-refractivity contribution < 1.29 is 0 Å². The van der Waals surface area contributed by atoms with E-state index in [4.69, 9.17) is 0 Å². The van der Waals surface area contributed by atoms with E-state index < -0.39 is 0 Å². The minimum Gasteiger partial charge on any atom is -0.309 e. The fourth-order valence-electron chi connectivity index (χ4n) is 15.4. The Morgan fingerprint density at radius 3 is 0.500 bits per heavy atom. The average molecular weight is 1150 g/mol. The van der Waals surface area contributed by atoms with E-state index in [1.807, 2.05) is 0 Å². The Labute approximate surface area is 517 Å². The molecule has 90 heavy (non-hydrogen) atoms. The molecule has 0 aliphatic rings. The molecule has 0 atom stereocenters. The van der Waals surface area contributed by atoms with Crippen LogP contribution in [0.5, 0.6) is 0 Å². The maximum atomic E-state index is 2.49. The van der Waals surface area contributed by atoms with Crippen LogP contribution in [0.15, 0.2) is 328 Å². The molecule has 14 aromatic carbocycles. The summed E-state index contributed by atoms with van der Waals surface area (Å²) in [5.41, 5.74) is 21.5. The number of hydrogen-bond donors (Lipinski definition) is 0. The van der Waals surface area contributed by atoms with Gasteiger partial charge in [0.2, 0.25) is 0 Å². The quantitative estimate of drug-likeness (QED) is 0.159. The highest BCUT2D eigenvalue weighted by molar-refractivity contribution is 6.42. The van der Waals surface area contributed by atoms with E-state index in [2.05, 4.69) is 355 Å². The molecule has 6 nitrogen and oxygen atoms in total. The predicted molar refractivity (Wildman–Crippen MR) is 379 cm³/mol. The second-order valence-electron chi connectivity index (χ2n) is 23.5. The molecule has 0 fully saturated rings. The van der Waals surface area contributed by atoms with Crippen molar-refractivity contribution in [3.63, 3.8) is 0 Å². The van der Waals surface area contributed by atoms with Crippen LogP contribution in [0.4, 0.5) is 0 Å². The molecule has 0 saturated carbocycles. The number of rotatable bonds is 6. The summed E-state index contributed by atoms with van der Waals surface area (Å²) >= 11 is 0. The molecule has 20 rings (SSSR count). The number of aromatic nitrogens is 6. The van der Waals surface area contributed by atoms with Crippen molar-refractivity contribution >= 4 is 131 Å². The molecule has 0 saturated heterocycles. The van der Waals surface area contributed by atoms with Gasteiger partial charge in [0, 0.05) is 98.8 Å². The second-order valence-corrected chi connectivity index (χ2v) is 23.5. The first kappa shape index (κ1) is 50.1. The van der Waals surface area contributed by atoms with E-state index in [0.717, 1.165) is 34.1 Å². The van der Waals surface area contributed by atoms with Crippen LogP contribution >= 0.6 is 0 Å². The maximum absolute atomic E-state index is 2.49. The van der Waals surface area contributed by atoms with Crippen molar-refractivity contribution in [2.24, 2.45) is 0 Å². The van der Waals surface area contributed by atoms with Crippen LogP contribution in [-0.4, -0.2) is 27.4 Å². The summed E-state index contributed by atoms with van der Waals surface area (Å²) in [6.45, 7) is 0. The van der Waals surface area contributed by atoms with Crippen LogP contribution in [0.25, 0.3) is 165 Å². The smallest absolute Gasteiger partial charge is 0.0810 e. The molecule has 0 amide bonds. The van der Waals surface area contributed by atoms with E-state index in [9.17, 15) is 0 Å². The van der Waals surface area contributed by atoms with Crippen molar-refractivity contribution in [3.8, 4) is 34.1 Å². The molecule has 0 N–H and O–H groups in total. The number of benzene rings is 14. The largest absolute Gasteiger partial charge is 0.309 e. The lowest BCUT2D eigenvalue weighted by atomic mass is 10.0. The summed E-state index contributed by atoms with van der Waals surface area (Å²) in [6.07, 6.45) is 0. The van der Waals surface area contributed by atoms with Gasteiger partial charge in [-0.1, -0.05) is 218 Å². The number of para-hydroxylation sites is 12. The van der Waals surface area contributed by atoms with E-state index >= 15 is 0 Å². The van der Waals surface area contributed by atoms with E-state index in [1.165, 1.54) is 131 Å². The molecule has 6 heteroatoms. The van der Waals surface area contributed by atoms with Gasteiger partial charge in [0.25, 0.3) is 0 Å². The third-order valence-corrected chi connectivity index (χ3v) is 18.8. The van der Waals surface area contributed by atoms with Gasteiger partial charge >= 0.3 is 0 Å². The molecule has 6 heterocycles. The molecule has 0 bridgehead atoms. The number of nitrogens with zero attached hydrogens (tertiary/aromatic N) is 6. The zero-order chi connectivity index (χ0) is 59.0. The lowest BCUT2D eigenvalue weighted by Gasteiger charge is -2.14. The Morgan fingerprint density at radius 1 is 0.122 bits per heavy atom. The van der Waals surface area contributed by atoms with Gasteiger partial charge in [-0.3, -0.25) is 0 Å². The molecule has 0 radical (unpaired) electrons. The van der Waals surface area contributed by atoms with E-state index in [0.29, 0.717) is 0 Å². The first-order valence-electron chi connectivity index (χ1n) is 31.0. The first-order valence-corrected chi connectivity index (χ1v) is 31.0. The zero-order valence-electron chi connectivity index (χ0n) is 48.9. The summed E-state index contributed by atoms with van der Waals surface area (Å²) in [4.78, 5) is 0. The minimum atomic E-state index is 1.15. The Kier molecular flexibility index (Phi) is 11.0. The SMILES string of the molecule is c1ccc(-n2c3ccccc3c3c2c2c4ccccc4n(-c4ccccc4)c2c2c4ccccc4n(-c4ccccc4)c32)cc1.c1ccc(-n2c3ccccc3c3c4c5ccccc5n(-c5ccccc5)c4c4c(c5ccccc5n4-c4ccccc4)c32)cc1. The first-order chi connectivity index (χ1) is 44.8. The molecule has 20 aromatic rings. The summed E-state index contributed by atoms with van der Waals surface area (Å²) in [5.74, 6) is 0. The van der Waals surface area contributed by atoms with Gasteiger partial charge in [-0.05, 0) is 109 Å². The fraction of sp³-hybridized carbons (Fsp3) is 0. The Morgan fingerprint density at radius 2 is 0.267 bits per heavy atom. The highest BCUT2D eigenvalue weighted by Gasteiger charge is 2.31. The van der Waals surface area contributed by atoms with Gasteiger partial charge in [0.1, 0.15) is 0 Å². The van der Waals surface area contributed by atoms with Crippen LogP contribution in [0.3, 0.4) is 0 Å². The third kappa shape index (κ3) is 7.04.